The van der Waals surface area contributed by atoms with Gasteiger partial charge in [-0.15, -0.1) is 0 Å². The molecule has 0 radical (unpaired) electrons. The second kappa shape index (κ2) is 4.40. The number of nitrogens with one attached hydrogen (secondary N) is 1. The van der Waals surface area contributed by atoms with Crippen LogP contribution in [0.3, 0.4) is 0 Å². The number of alkyl halides is 2. The summed E-state index contributed by atoms with van der Waals surface area (Å²) in [5, 5.41) is 0.509. The van der Waals surface area contributed by atoms with Crippen molar-refractivity contribution in [2.24, 2.45) is 0 Å². The van der Waals surface area contributed by atoms with Gasteiger partial charge in [0.1, 0.15) is 0 Å². The summed E-state index contributed by atoms with van der Waals surface area (Å²) in [4.78, 5) is 20.5. The van der Waals surface area contributed by atoms with Crippen molar-refractivity contribution in [3.05, 3.63) is 35.5 Å². The van der Waals surface area contributed by atoms with Gasteiger partial charge in [0.25, 0.3) is 0 Å². The summed E-state index contributed by atoms with van der Waals surface area (Å²) in [6, 6.07) is 5.25. The molecule has 1 aromatic heterocycles. The molecule has 0 spiro atoms. The Bertz CT molecular complexity index is 660. The van der Waals surface area contributed by atoms with E-state index in [0.717, 1.165) is 17.8 Å². The van der Waals surface area contributed by atoms with Crippen molar-refractivity contribution in [3.8, 4) is 0 Å². The Kier molecular flexibility index (Phi) is 3.29. The zero-order valence-corrected chi connectivity index (χ0v) is 11.3. The molecule has 2 aromatic rings. The lowest BCUT2D eigenvalue weighted by atomic mass is 10.1. The minimum absolute atomic E-state index is 0.207. The zero-order valence-electron chi connectivity index (χ0n) is 10.4. The van der Waals surface area contributed by atoms with E-state index in [4.69, 9.17) is 9.79 Å². The summed E-state index contributed by atoms with van der Waals surface area (Å²) >= 11 is 0. The van der Waals surface area contributed by atoms with E-state index in [1.165, 1.54) is 6.07 Å². The number of rotatable bonds is 3. The lowest BCUT2D eigenvalue weighted by Gasteiger charge is -2.17. The molecule has 0 fully saturated rings. The standard InChI is InChI=1S/C12H14F2NO3P/c1-7(2)11-6-8-5-9(3-4-10(8)15-11)12(13,14)19(16,17)18/h3-7,15H,1-2H3,(H2,16,17,18). The fourth-order valence-corrected chi connectivity index (χ4v) is 2.30. The van der Waals surface area contributed by atoms with E-state index in [1.807, 2.05) is 13.8 Å². The Morgan fingerprint density at radius 2 is 1.89 bits per heavy atom. The summed E-state index contributed by atoms with van der Waals surface area (Å²) in [6.07, 6.45) is 0. The molecule has 2 rings (SSSR count). The minimum atomic E-state index is -5.52. The number of hydrogen-bond donors (Lipinski definition) is 3. The highest BCUT2D eigenvalue weighted by Gasteiger charge is 2.50. The van der Waals surface area contributed by atoms with Crippen LogP contribution in [-0.4, -0.2) is 14.8 Å². The maximum atomic E-state index is 13.6. The molecule has 0 saturated heterocycles. The van der Waals surface area contributed by atoms with Gasteiger partial charge in [0, 0.05) is 22.2 Å². The van der Waals surface area contributed by atoms with Crippen LogP contribution in [-0.2, 0) is 10.2 Å². The predicted molar refractivity (Wildman–Crippen MR) is 68.3 cm³/mol. The molecule has 0 amide bonds. The highest BCUT2D eigenvalue weighted by molar-refractivity contribution is 7.52. The van der Waals surface area contributed by atoms with E-state index in [2.05, 4.69) is 4.98 Å². The normalized spacial score (nSPS) is 13.4. The first-order chi connectivity index (χ1) is 8.63. The van der Waals surface area contributed by atoms with Crippen molar-refractivity contribution in [3.63, 3.8) is 0 Å². The monoisotopic (exact) mass is 289 g/mol. The molecule has 1 aromatic carbocycles. The van der Waals surface area contributed by atoms with Crippen molar-refractivity contribution in [2.75, 3.05) is 0 Å². The number of fused-ring (bicyclic) bond motifs is 1. The highest BCUT2D eigenvalue weighted by Crippen LogP contribution is 2.59. The van der Waals surface area contributed by atoms with Gasteiger partial charge in [0.2, 0.25) is 0 Å². The van der Waals surface area contributed by atoms with Crippen LogP contribution < -0.4 is 0 Å². The Hall–Kier alpha value is -1.23. The lowest BCUT2D eigenvalue weighted by Crippen LogP contribution is -2.13. The van der Waals surface area contributed by atoms with Crippen molar-refractivity contribution in [1.29, 1.82) is 0 Å². The van der Waals surface area contributed by atoms with Gasteiger partial charge in [-0.1, -0.05) is 19.9 Å². The van der Waals surface area contributed by atoms with E-state index in [0.29, 0.717) is 10.9 Å². The maximum Gasteiger partial charge on any atom is 0.399 e. The van der Waals surface area contributed by atoms with E-state index < -0.39 is 18.8 Å². The lowest BCUT2D eigenvalue weighted by molar-refractivity contribution is 0.0566. The minimum Gasteiger partial charge on any atom is -0.358 e. The zero-order chi connectivity index (χ0) is 14.4. The van der Waals surface area contributed by atoms with Gasteiger partial charge in [-0.25, -0.2) is 0 Å². The van der Waals surface area contributed by atoms with Crippen molar-refractivity contribution in [1.82, 2.24) is 4.98 Å². The smallest absolute Gasteiger partial charge is 0.358 e. The molecule has 19 heavy (non-hydrogen) atoms. The summed E-state index contributed by atoms with van der Waals surface area (Å²) in [5.41, 5.74) is -3.31. The number of aromatic nitrogens is 1. The molecule has 3 N–H and O–H groups in total. The van der Waals surface area contributed by atoms with Crippen LogP contribution in [0.4, 0.5) is 8.78 Å². The van der Waals surface area contributed by atoms with Gasteiger partial charge < -0.3 is 14.8 Å². The number of benzene rings is 1. The Morgan fingerprint density at radius 3 is 2.42 bits per heavy atom. The molecule has 4 nitrogen and oxygen atoms in total. The van der Waals surface area contributed by atoms with Crippen LogP contribution in [0.2, 0.25) is 0 Å². The van der Waals surface area contributed by atoms with Gasteiger partial charge in [-0.05, 0) is 24.1 Å². The van der Waals surface area contributed by atoms with Gasteiger partial charge in [0.05, 0.1) is 0 Å². The Labute approximate surface area is 108 Å². The predicted octanol–water partition coefficient (Wildman–Crippen LogP) is 3.52. The second-order valence-electron chi connectivity index (χ2n) is 4.77. The third-order valence-electron chi connectivity index (χ3n) is 2.98. The molecule has 104 valence electrons. The van der Waals surface area contributed by atoms with E-state index in [1.54, 1.807) is 6.07 Å². The Balaban J connectivity index is 2.56. The van der Waals surface area contributed by atoms with E-state index >= 15 is 0 Å². The molecule has 0 saturated carbocycles. The maximum absolute atomic E-state index is 13.6. The van der Waals surface area contributed by atoms with E-state index in [9.17, 15) is 13.3 Å². The van der Waals surface area contributed by atoms with Gasteiger partial charge in [-0.3, -0.25) is 4.57 Å². The average molecular weight is 289 g/mol. The van der Waals surface area contributed by atoms with E-state index in [-0.39, 0.29) is 5.92 Å². The molecule has 0 atom stereocenters. The Morgan fingerprint density at radius 1 is 1.26 bits per heavy atom. The average Bonchev–Trinajstić information content (AvgIpc) is 2.69. The quantitative estimate of drug-likeness (QED) is 0.757. The number of halogens is 2. The molecule has 0 unspecified atom stereocenters. The summed E-state index contributed by atoms with van der Waals surface area (Å²) in [5.74, 6) is 0.207. The summed E-state index contributed by atoms with van der Waals surface area (Å²) in [6.45, 7) is 3.91. The molecule has 7 heteroatoms. The molecular weight excluding hydrogens is 275 g/mol. The van der Waals surface area contributed by atoms with Crippen molar-refractivity contribution >= 4 is 18.5 Å². The third-order valence-corrected chi connectivity index (χ3v) is 3.97. The van der Waals surface area contributed by atoms with Gasteiger partial charge >= 0.3 is 13.3 Å². The molecule has 0 aliphatic carbocycles. The summed E-state index contributed by atoms with van der Waals surface area (Å²) in [7, 11) is -5.52. The largest absolute Gasteiger partial charge is 0.399 e. The van der Waals surface area contributed by atoms with Gasteiger partial charge in [-0.2, -0.15) is 8.78 Å². The van der Waals surface area contributed by atoms with Crippen molar-refractivity contribution < 1.29 is 23.1 Å². The molecule has 0 aliphatic rings. The van der Waals surface area contributed by atoms with Crippen LogP contribution in [0.15, 0.2) is 24.3 Å². The first kappa shape index (κ1) is 14.2. The first-order valence-electron chi connectivity index (χ1n) is 5.69. The number of hydrogen-bond acceptors (Lipinski definition) is 1. The van der Waals surface area contributed by atoms with Crippen LogP contribution in [0.25, 0.3) is 10.9 Å². The SMILES string of the molecule is CC(C)c1cc2cc(C(F)(F)P(=O)(O)O)ccc2[nH]1. The first-order valence-corrected chi connectivity index (χ1v) is 7.31. The topological polar surface area (TPSA) is 73.3 Å². The molecule has 1 heterocycles. The fourth-order valence-electron chi connectivity index (χ4n) is 1.82. The summed E-state index contributed by atoms with van der Waals surface area (Å²) < 4.78 is 38.0. The highest BCUT2D eigenvalue weighted by atomic mass is 31.2. The fraction of sp³-hybridized carbons (Fsp3) is 0.333. The van der Waals surface area contributed by atoms with Crippen molar-refractivity contribution in [2.45, 2.75) is 25.4 Å². The van der Waals surface area contributed by atoms with Gasteiger partial charge in [0.15, 0.2) is 0 Å². The second-order valence-corrected chi connectivity index (χ2v) is 6.42. The number of H-pyrrole nitrogens is 1. The number of aromatic amines is 1. The molecule has 0 bridgehead atoms. The van der Waals surface area contributed by atoms with Crippen LogP contribution >= 0.6 is 7.60 Å². The van der Waals surface area contributed by atoms with Crippen LogP contribution in [0.1, 0.15) is 31.0 Å². The molecule has 0 aliphatic heterocycles. The third kappa shape index (κ3) is 2.43. The molecular formula is C12H14F2NO3P. The van der Waals surface area contributed by atoms with Crippen LogP contribution in [0.5, 0.6) is 0 Å². The van der Waals surface area contributed by atoms with Crippen LogP contribution in [0, 0.1) is 0 Å².